The van der Waals surface area contributed by atoms with Crippen LogP contribution in [0.4, 0.5) is 0 Å². The smallest absolute Gasteiger partial charge is 0.0406 e. The predicted octanol–water partition coefficient (Wildman–Crippen LogP) is 6.71. The first-order valence-corrected chi connectivity index (χ1v) is 8.68. The Bertz CT molecular complexity index is 814. The van der Waals surface area contributed by atoms with E-state index in [0.717, 1.165) is 17.9 Å². The Kier molecular flexibility index (Phi) is 5.51. The van der Waals surface area contributed by atoms with Crippen LogP contribution in [-0.2, 0) is 6.42 Å². The molecule has 0 saturated heterocycles. The van der Waals surface area contributed by atoms with Gasteiger partial charge in [-0.2, -0.15) is 0 Å². The van der Waals surface area contributed by atoms with Gasteiger partial charge in [0.2, 0.25) is 0 Å². The molecule has 120 valence electrons. The van der Waals surface area contributed by atoms with Crippen molar-refractivity contribution < 1.29 is 0 Å². The molecule has 0 radical (unpaired) electrons. The van der Waals surface area contributed by atoms with Crippen LogP contribution in [0, 0.1) is 6.92 Å². The zero-order valence-electron chi connectivity index (χ0n) is 13.9. The molecule has 24 heavy (non-hydrogen) atoms. The quantitative estimate of drug-likeness (QED) is 0.487. The Morgan fingerprint density at radius 2 is 1.42 bits per heavy atom. The Morgan fingerprint density at radius 3 is 2.12 bits per heavy atom. The highest BCUT2D eigenvalue weighted by molar-refractivity contribution is 6.30. The van der Waals surface area contributed by atoms with Gasteiger partial charge in [0, 0.05) is 5.02 Å². The van der Waals surface area contributed by atoms with Gasteiger partial charge in [0.05, 0.1) is 0 Å². The average Bonchev–Trinajstić information content (AvgIpc) is 2.62. The summed E-state index contributed by atoms with van der Waals surface area (Å²) in [6.07, 6.45) is 4.40. The van der Waals surface area contributed by atoms with Crippen molar-refractivity contribution in [3.8, 4) is 0 Å². The lowest BCUT2D eigenvalue weighted by Gasteiger charge is -2.10. The zero-order valence-corrected chi connectivity index (χ0v) is 14.6. The van der Waals surface area contributed by atoms with Gasteiger partial charge in [-0.1, -0.05) is 84.4 Å². The molecule has 0 atom stereocenters. The van der Waals surface area contributed by atoms with E-state index in [1.165, 1.54) is 27.8 Å². The van der Waals surface area contributed by atoms with Gasteiger partial charge in [0.1, 0.15) is 0 Å². The molecule has 3 aromatic carbocycles. The van der Waals surface area contributed by atoms with E-state index in [1.54, 1.807) is 0 Å². The summed E-state index contributed by atoms with van der Waals surface area (Å²) < 4.78 is 0. The van der Waals surface area contributed by atoms with Crippen molar-refractivity contribution in [3.63, 3.8) is 0 Å². The van der Waals surface area contributed by atoms with Crippen LogP contribution in [0.5, 0.6) is 0 Å². The molecule has 0 amide bonds. The highest BCUT2D eigenvalue weighted by atomic mass is 35.5. The van der Waals surface area contributed by atoms with Gasteiger partial charge in [-0.15, -0.1) is 0 Å². The van der Waals surface area contributed by atoms with Crippen molar-refractivity contribution in [1.29, 1.82) is 0 Å². The van der Waals surface area contributed by atoms with Gasteiger partial charge >= 0.3 is 0 Å². The first-order chi connectivity index (χ1) is 11.7. The maximum atomic E-state index is 6.04. The third-order valence-electron chi connectivity index (χ3n) is 4.26. The second kappa shape index (κ2) is 7.99. The number of hydrogen-bond donors (Lipinski definition) is 0. The first-order valence-electron chi connectivity index (χ1n) is 8.30. The predicted molar refractivity (Wildman–Crippen MR) is 104 cm³/mol. The minimum absolute atomic E-state index is 0.770. The van der Waals surface area contributed by atoms with E-state index >= 15 is 0 Å². The molecule has 0 saturated carbocycles. The summed E-state index contributed by atoms with van der Waals surface area (Å²) in [5.74, 6) is 0. The molecule has 1 heteroatoms. The highest BCUT2D eigenvalue weighted by Gasteiger charge is 2.05. The van der Waals surface area contributed by atoms with Crippen molar-refractivity contribution in [2.45, 2.75) is 19.8 Å². The number of benzene rings is 3. The van der Waals surface area contributed by atoms with Crippen molar-refractivity contribution in [1.82, 2.24) is 0 Å². The van der Waals surface area contributed by atoms with Gasteiger partial charge in [-0.3, -0.25) is 0 Å². The lowest BCUT2D eigenvalue weighted by molar-refractivity contribution is 0.988. The normalized spacial score (nSPS) is 11.5. The summed E-state index contributed by atoms with van der Waals surface area (Å²) >= 11 is 6.04. The fourth-order valence-electron chi connectivity index (χ4n) is 2.91. The van der Waals surface area contributed by atoms with Crippen LogP contribution in [0.3, 0.4) is 0 Å². The fraction of sp³-hybridized carbons (Fsp3) is 0.130. The van der Waals surface area contributed by atoms with E-state index in [1.807, 2.05) is 12.1 Å². The van der Waals surface area contributed by atoms with Gasteiger partial charge in [0.15, 0.2) is 0 Å². The van der Waals surface area contributed by atoms with Crippen LogP contribution in [0.25, 0.3) is 5.57 Å². The molecule has 0 aliphatic heterocycles. The molecule has 0 fully saturated rings. The monoisotopic (exact) mass is 332 g/mol. The largest absolute Gasteiger partial charge is 0.0843 e. The van der Waals surface area contributed by atoms with Crippen LogP contribution < -0.4 is 0 Å². The fourth-order valence-corrected chi connectivity index (χ4v) is 3.04. The average molecular weight is 333 g/mol. The summed E-state index contributed by atoms with van der Waals surface area (Å²) in [6.45, 7) is 2.18. The molecular formula is C23H21Cl. The molecule has 0 unspecified atom stereocenters. The van der Waals surface area contributed by atoms with Crippen LogP contribution in [0.2, 0.25) is 5.02 Å². The van der Waals surface area contributed by atoms with E-state index in [-0.39, 0.29) is 0 Å². The van der Waals surface area contributed by atoms with Gasteiger partial charge < -0.3 is 0 Å². The van der Waals surface area contributed by atoms with Gasteiger partial charge in [-0.05, 0) is 59.7 Å². The zero-order chi connectivity index (χ0) is 16.8. The topological polar surface area (TPSA) is 0 Å². The second-order valence-electron chi connectivity index (χ2n) is 5.96. The Labute approximate surface area is 149 Å². The van der Waals surface area contributed by atoms with Crippen molar-refractivity contribution in [2.75, 3.05) is 0 Å². The lowest BCUT2D eigenvalue weighted by Crippen LogP contribution is -1.91. The number of hydrogen-bond acceptors (Lipinski definition) is 0. The van der Waals surface area contributed by atoms with Crippen LogP contribution in [-0.4, -0.2) is 0 Å². The third-order valence-corrected chi connectivity index (χ3v) is 4.52. The molecule has 0 bridgehead atoms. The van der Waals surface area contributed by atoms with E-state index in [9.17, 15) is 0 Å². The number of rotatable bonds is 5. The van der Waals surface area contributed by atoms with E-state index in [2.05, 4.69) is 79.7 Å². The van der Waals surface area contributed by atoms with Crippen LogP contribution in [0.1, 0.15) is 28.7 Å². The van der Waals surface area contributed by atoms with Gasteiger partial charge in [-0.25, -0.2) is 0 Å². The van der Waals surface area contributed by atoms with E-state index < -0.39 is 0 Å². The molecule has 0 aromatic heterocycles. The van der Waals surface area contributed by atoms with Crippen LogP contribution >= 0.6 is 11.6 Å². The van der Waals surface area contributed by atoms with E-state index in [0.29, 0.717) is 0 Å². The standard InChI is InChI=1S/C23H21Cl/c1-18-8-5-6-9-19(18)12-7-13-23(20-10-3-2-4-11-20)21-14-16-22(24)17-15-21/h2-6,8-11,13-17H,7,12H2,1H3. The van der Waals surface area contributed by atoms with Crippen molar-refractivity contribution in [2.24, 2.45) is 0 Å². The molecule has 0 nitrogen and oxygen atoms in total. The van der Waals surface area contributed by atoms with E-state index in [4.69, 9.17) is 11.6 Å². The van der Waals surface area contributed by atoms with Crippen LogP contribution in [0.15, 0.2) is 84.9 Å². The summed E-state index contributed by atoms with van der Waals surface area (Å²) in [4.78, 5) is 0. The van der Waals surface area contributed by atoms with Gasteiger partial charge in [0.25, 0.3) is 0 Å². The molecule has 3 aromatic rings. The Hall–Kier alpha value is -2.31. The van der Waals surface area contributed by atoms with Crippen molar-refractivity contribution in [3.05, 3.63) is 112 Å². The minimum Gasteiger partial charge on any atom is -0.0843 e. The highest BCUT2D eigenvalue weighted by Crippen LogP contribution is 2.25. The minimum atomic E-state index is 0.770. The molecule has 0 aliphatic rings. The molecule has 0 aliphatic carbocycles. The SMILES string of the molecule is Cc1ccccc1CCC=C(c1ccccc1)c1ccc(Cl)cc1. The maximum absolute atomic E-state index is 6.04. The maximum Gasteiger partial charge on any atom is 0.0406 e. The first kappa shape index (κ1) is 16.5. The molecule has 0 N–H and O–H groups in total. The number of aryl methyl sites for hydroxylation is 2. The third kappa shape index (κ3) is 4.15. The summed E-state index contributed by atoms with van der Waals surface area (Å²) in [7, 11) is 0. The Morgan fingerprint density at radius 1 is 0.792 bits per heavy atom. The summed E-state index contributed by atoms with van der Waals surface area (Å²) in [6, 6.07) is 27.2. The lowest BCUT2D eigenvalue weighted by atomic mass is 9.95. The second-order valence-corrected chi connectivity index (χ2v) is 6.39. The number of allylic oxidation sites excluding steroid dienone is 1. The van der Waals surface area contributed by atoms with Crippen molar-refractivity contribution >= 4 is 17.2 Å². The molecular weight excluding hydrogens is 312 g/mol. The number of halogens is 1. The molecule has 0 spiro atoms. The molecule has 0 heterocycles. The summed E-state index contributed by atoms with van der Waals surface area (Å²) in [5.41, 5.74) is 6.48. The summed E-state index contributed by atoms with van der Waals surface area (Å²) in [5, 5.41) is 0.770. The Balaban J connectivity index is 1.87. The molecule has 3 rings (SSSR count).